The predicted octanol–water partition coefficient (Wildman–Crippen LogP) is 2.39. The molecule has 1 N–H and O–H groups in total. The van der Waals surface area contributed by atoms with Gasteiger partial charge in [-0.25, -0.2) is 8.78 Å². The zero-order valence-electron chi connectivity index (χ0n) is 10.9. The molecule has 1 aromatic carbocycles. The van der Waals surface area contributed by atoms with Gasteiger partial charge in [-0.1, -0.05) is 6.92 Å². The van der Waals surface area contributed by atoms with Gasteiger partial charge in [-0.3, -0.25) is 4.90 Å². The van der Waals surface area contributed by atoms with E-state index in [0.29, 0.717) is 24.1 Å². The Bertz CT molecular complexity index is 409. The van der Waals surface area contributed by atoms with Gasteiger partial charge >= 0.3 is 0 Å². The maximum Gasteiger partial charge on any atom is 0.127 e. The molecule has 0 saturated carbocycles. The minimum Gasteiger partial charge on any atom is -0.317 e. The Hall–Kier alpha value is -1.00. The van der Waals surface area contributed by atoms with E-state index in [0.717, 1.165) is 25.6 Å². The molecule has 2 rings (SSSR count). The molecule has 0 aromatic heterocycles. The zero-order valence-corrected chi connectivity index (χ0v) is 10.9. The smallest absolute Gasteiger partial charge is 0.127 e. The van der Waals surface area contributed by atoms with Crippen LogP contribution in [0.3, 0.4) is 0 Å². The van der Waals surface area contributed by atoms with E-state index in [1.54, 1.807) is 0 Å². The summed E-state index contributed by atoms with van der Waals surface area (Å²) in [6.45, 7) is 4.52. The maximum atomic E-state index is 13.6. The number of nitrogens with zero attached hydrogens (tertiary/aromatic N) is 1. The van der Waals surface area contributed by atoms with Crippen molar-refractivity contribution in [1.82, 2.24) is 10.2 Å². The van der Waals surface area contributed by atoms with Crippen LogP contribution in [0.2, 0.25) is 0 Å². The highest BCUT2D eigenvalue weighted by Gasteiger charge is 2.25. The lowest BCUT2D eigenvalue weighted by molar-refractivity contribution is 0.143. The van der Waals surface area contributed by atoms with Crippen LogP contribution in [0.5, 0.6) is 0 Å². The average molecular weight is 254 g/mol. The minimum atomic E-state index is -0.371. The first-order chi connectivity index (χ1) is 8.60. The van der Waals surface area contributed by atoms with Gasteiger partial charge < -0.3 is 5.32 Å². The van der Waals surface area contributed by atoms with Gasteiger partial charge in [-0.15, -0.1) is 0 Å². The molecule has 1 aromatic rings. The Labute approximate surface area is 107 Å². The fraction of sp³-hybridized carbons (Fsp3) is 0.571. The van der Waals surface area contributed by atoms with Crippen molar-refractivity contribution in [2.45, 2.75) is 25.9 Å². The molecular formula is C14H20F2N2. The second-order valence-corrected chi connectivity index (χ2v) is 5.13. The third kappa shape index (κ3) is 3.06. The van der Waals surface area contributed by atoms with Crippen LogP contribution in [-0.4, -0.2) is 31.1 Å². The molecule has 4 heteroatoms. The van der Waals surface area contributed by atoms with Crippen LogP contribution >= 0.6 is 0 Å². The highest BCUT2D eigenvalue weighted by atomic mass is 19.1. The Morgan fingerprint density at radius 1 is 1.39 bits per heavy atom. The lowest BCUT2D eigenvalue weighted by Gasteiger charge is -2.36. The molecule has 1 aliphatic heterocycles. The molecule has 0 bridgehead atoms. The van der Waals surface area contributed by atoms with E-state index in [1.165, 1.54) is 12.1 Å². The summed E-state index contributed by atoms with van der Waals surface area (Å²) in [5.74, 6) is -0.162. The first-order valence-electron chi connectivity index (χ1n) is 6.43. The van der Waals surface area contributed by atoms with Crippen molar-refractivity contribution >= 4 is 0 Å². The van der Waals surface area contributed by atoms with Crippen molar-refractivity contribution in [3.8, 4) is 0 Å². The van der Waals surface area contributed by atoms with E-state index < -0.39 is 0 Å². The summed E-state index contributed by atoms with van der Waals surface area (Å²) in [6.07, 6.45) is 1.05. The molecule has 18 heavy (non-hydrogen) atoms. The minimum absolute atomic E-state index is 0.320. The van der Waals surface area contributed by atoms with Crippen molar-refractivity contribution in [2.24, 2.45) is 5.92 Å². The molecule has 0 amide bonds. The number of piperidine rings is 1. The normalized spacial score (nSPS) is 25.3. The second-order valence-electron chi connectivity index (χ2n) is 5.13. The van der Waals surface area contributed by atoms with Crippen LogP contribution < -0.4 is 5.32 Å². The molecule has 2 atom stereocenters. The highest BCUT2D eigenvalue weighted by molar-refractivity contribution is 5.18. The van der Waals surface area contributed by atoms with Gasteiger partial charge in [-0.2, -0.15) is 0 Å². The van der Waals surface area contributed by atoms with E-state index in [9.17, 15) is 8.78 Å². The van der Waals surface area contributed by atoms with E-state index in [2.05, 4.69) is 17.1 Å². The SMILES string of the molecule is CNC1CCN(Cc2cc(F)ccc2F)CC1C. The number of rotatable bonds is 3. The molecule has 0 radical (unpaired) electrons. The molecular weight excluding hydrogens is 234 g/mol. The molecule has 0 aliphatic carbocycles. The van der Waals surface area contributed by atoms with E-state index >= 15 is 0 Å². The predicted molar refractivity (Wildman–Crippen MR) is 68.3 cm³/mol. The summed E-state index contributed by atoms with van der Waals surface area (Å²) >= 11 is 0. The Morgan fingerprint density at radius 2 is 2.17 bits per heavy atom. The Kier molecular flexibility index (Phi) is 4.30. The molecule has 2 unspecified atom stereocenters. The van der Waals surface area contributed by atoms with Crippen LogP contribution in [0.25, 0.3) is 0 Å². The molecule has 1 fully saturated rings. The monoisotopic (exact) mass is 254 g/mol. The fourth-order valence-corrected chi connectivity index (χ4v) is 2.71. The van der Waals surface area contributed by atoms with Gasteiger partial charge in [0.05, 0.1) is 0 Å². The van der Waals surface area contributed by atoms with Crippen molar-refractivity contribution in [2.75, 3.05) is 20.1 Å². The van der Waals surface area contributed by atoms with E-state index in [-0.39, 0.29) is 11.6 Å². The highest BCUT2D eigenvalue weighted by Crippen LogP contribution is 2.20. The van der Waals surface area contributed by atoms with Gasteiger partial charge in [0.25, 0.3) is 0 Å². The van der Waals surface area contributed by atoms with E-state index in [4.69, 9.17) is 0 Å². The van der Waals surface area contributed by atoms with Gasteiger partial charge in [0.1, 0.15) is 11.6 Å². The third-order valence-electron chi connectivity index (χ3n) is 3.76. The van der Waals surface area contributed by atoms with Crippen LogP contribution in [-0.2, 0) is 6.54 Å². The fourth-order valence-electron chi connectivity index (χ4n) is 2.71. The molecule has 2 nitrogen and oxygen atoms in total. The largest absolute Gasteiger partial charge is 0.317 e. The van der Waals surface area contributed by atoms with Gasteiger partial charge in [-0.05, 0) is 44.1 Å². The molecule has 0 spiro atoms. The van der Waals surface area contributed by atoms with Crippen molar-refractivity contribution < 1.29 is 8.78 Å². The first-order valence-corrected chi connectivity index (χ1v) is 6.43. The molecule has 1 heterocycles. The molecule has 1 saturated heterocycles. The number of benzene rings is 1. The number of hydrogen-bond acceptors (Lipinski definition) is 2. The number of halogens is 2. The van der Waals surface area contributed by atoms with Crippen molar-refractivity contribution in [3.63, 3.8) is 0 Å². The quantitative estimate of drug-likeness (QED) is 0.891. The summed E-state index contributed by atoms with van der Waals surface area (Å²) in [5, 5.41) is 3.30. The number of hydrogen-bond donors (Lipinski definition) is 1. The maximum absolute atomic E-state index is 13.6. The summed E-state index contributed by atoms with van der Waals surface area (Å²) in [4.78, 5) is 2.19. The first kappa shape index (κ1) is 13.4. The number of likely N-dealkylation sites (tertiary alicyclic amines) is 1. The lowest BCUT2D eigenvalue weighted by Crippen LogP contribution is -2.46. The third-order valence-corrected chi connectivity index (χ3v) is 3.76. The van der Waals surface area contributed by atoms with E-state index in [1.807, 2.05) is 7.05 Å². The Morgan fingerprint density at radius 3 is 2.83 bits per heavy atom. The standard InChI is InChI=1S/C14H20F2N2/c1-10-8-18(6-5-14(10)17-2)9-11-7-12(15)3-4-13(11)16/h3-4,7,10,14,17H,5-6,8-9H2,1-2H3. The Balaban J connectivity index is 2.00. The number of nitrogens with one attached hydrogen (secondary N) is 1. The van der Waals surface area contributed by atoms with Crippen LogP contribution in [0.15, 0.2) is 18.2 Å². The second kappa shape index (κ2) is 5.76. The molecule has 1 aliphatic rings. The van der Waals surface area contributed by atoms with Gasteiger partial charge in [0, 0.05) is 24.7 Å². The van der Waals surface area contributed by atoms with Crippen LogP contribution in [0.4, 0.5) is 8.78 Å². The van der Waals surface area contributed by atoms with Crippen molar-refractivity contribution in [3.05, 3.63) is 35.4 Å². The topological polar surface area (TPSA) is 15.3 Å². The summed E-state index contributed by atoms with van der Waals surface area (Å²) in [6, 6.07) is 4.19. The summed E-state index contributed by atoms with van der Waals surface area (Å²) in [5.41, 5.74) is 0.449. The van der Waals surface area contributed by atoms with Gasteiger partial charge in [0.2, 0.25) is 0 Å². The zero-order chi connectivity index (χ0) is 13.1. The summed E-state index contributed by atoms with van der Waals surface area (Å²) in [7, 11) is 1.98. The van der Waals surface area contributed by atoms with Gasteiger partial charge in [0.15, 0.2) is 0 Å². The molecule has 100 valence electrons. The van der Waals surface area contributed by atoms with Crippen LogP contribution in [0, 0.1) is 17.6 Å². The van der Waals surface area contributed by atoms with Crippen molar-refractivity contribution in [1.29, 1.82) is 0 Å². The van der Waals surface area contributed by atoms with Crippen LogP contribution in [0.1, 0.15) is 18.9 Å². The average Bonchev–Trinajstić information content (AvgIpc) is 2.34. The lowest BCUT2D eigenvalue weighted by atomic mass is 9.94. The summed E-state index contributed by atoms with van der Waals surface area (Å²) < 4.78 is 26.7.